The highest BCUT2D eigenvalue weighted by molar-refractivity contribution is 5.22. The van der Waals surface area contributed by atoms with Crippen LogP contribution >= 0.6 is 0 Å². The van der Waals surface area contributed by atoms with Gasteiger partial charge in [-0.05, 0) is 16.7 Å². The zero-order chi connectivity index (χ0) is 16.8. The quantitative estimate of drug-likeness (QED) is 0.754. The van der Waals surface area contributed by atoms with E-state index in [4.69, 9.17) is 9.47 Å². The highest BCUT2D eigenvalue weighted by Crippen LogP contribution is 2.39. The molecule has 126 valence electrons. The molecule has 24 heavy (non-hydrogen) atoms. The number of rotatable bonds is 8. The van der Waals surface area contributed by atoms with Crippen molar-refractivity contribution in [3.63, 3.8) is 0 Å². The average Bonchev–Trinajstić information content (AvgIpc) is 2.64. The van der Waals surface area contributed by atoms with Gasteiger partial charge in [0.2, 0.25) is 0 Å². The third-order valence-electron chi connectivity index (χ3n) is 4.61. The molecule has 2 aromatic rings. The Kier molecular flexibility index (Phi) is 5.81. The molecule has 2 aromatic carbocycles. The maximum Gasteiger partial charge on any atom is 0.0808 e. The molecule has 0 aromatic heterocycles. The summed E-state index contributed by atoms with van der Waals surface area (Å²) in [6, 6.07) is 20.2. The topological polar surface area (TPSA) is 38.7 Å². The number of benzene rings is 2. The van der Waals surface area contributed by atoms with E-state index in [2.05, 4.69) is 6.58 Å². The van der Waals surface area contributed by atoms with Gasteiger partial charge in [0.25, 0.3) is 0 Å². The molecule has 3 unspecified atom stereocenters. The van der Waals surface area contributed by atoms with Crippen LogP contribution in [0.5, 0.6) is 0 Å². The first-order valence-corrected chi connectivity index (χ1v) is 8.36. The molecule has 1 saturated carbocycles. The van der Waals surface area contributed by atoms with Gasteiger partial charge in [0.15, 0.2) is 0 Å². The summed E-state index contributed by atoms with van der Waals surface area (Å²) in [4.78, 5) is 0. The Balaban J connectivity index is 1.43. The number of aliphatic hydroxyl groups is 1. The number of aliphatic hydroxyl groups excluding tert-OH is 1. The number of hydrogen-bond acceptors (Lipinski definition) is 3. The first-order chi connectivity index (χ1) is 11.8. The fraction of sp³-hybridized carbons (Fsp3) is 0.333. The van der Waals surface area contributed by atoms with Gasteiger partial charge in [0.1, 0.15) is 0 Å². The lowest BCUT2D eigenvalue weighted by atomic mass is 9.68. The van der Waals surface area contributed by atoms with Gasteiger partial charge in [-0.15, -0.1) is 0 Å². The third-order valence-corrected chi connectivity index (χ3v) is 4.61. The second-order valence-corrected chi connectivity index (χ2v) is 6.29. The van der Waals surface area contributed by atoms with Crippen molar-refractivity contribution in [3.05, 3.63) is 83.9 Å². The number of ether oxygens (including phenoxy) is 2. The van der Waals surface area contributed by atoms with E-state index in [1.807, 2.05) is 60.7 Å². The van der Waals surface area contributed by atoms with E-state index in [1.165, 1.54) is 0 Å². The summed E-state index contributed by atoms with van der Waals surface area (Å²) in [6.45, 7) is 6.22. The molecule has 0 aliphatic heterocycles. The molecule has 1 fully saturated rings. The van der Waals surface area contributed by atoms with Crippen LogP contribution in [-0.2, 0) is 22.7 Å². The first-order valence-electron chi connectivity index (χ1n) is 8.36. The van der Waals surface area contributed by atoms with E-state index in [9.17, 15) is 5.11 Å². The minimum atomic E-state index is -0.480. The van der Waals surface area contributed by atoms with Gasteiger partial charge < -0.3 is 14.6 Å². The maximum atomic E-state index is 10.1. The van der Waals surface area contributed by atoms with Crippen LogP contribution in [0, 0.1) is 11.8 Å². The summed E-state index contributed by atoms with van der Waals surface area (Å²) in [5, 5.41) is 10.1. The van der Waals surface area contributed by atoms with Crippen LogP contribution in [0.15, 0.2) is 72.8 Å². The zero-order valence-corrected chi connectivity index (χ0v) is 13.8. The Morgan fingerprint density at radius 1 is 0.792 bits per heavy atom. The van der Waals surface area contributed by atoms with Crippen LogP contribution in [0.25, 0.3) is 0 Å². The van der Waals surface area contributed by atoms with E-state index in [1.54, 1.807) is 0 Å². The van der Waals surface area contributed by atoms with Gasteiger partial charge in [0, 0.05) is 11.8 Å². The van der Waals surface area contributed by atoms with Crippen LogP contribution in [0.1, 0.15) is 11.1 Å². The van der Waals surface area contributed by atoms with Gasteiger partial charge in [-0.2, -0.15) is 0 Å². The monoisotopic (exact) mass is 324 g/mol. The maximum absolute atomic E-state index is 10.1. The predicted octanol–water partition coefficient (Wildman–Crippen LogP) is 3.58. The smallest absolute Gasteiger partial charge is 0.0808 e. The molecule has 0 radical (unpaired) electrons. The molecule has 1 aliphatic carbocycles. The molecule has 0 heterocycles. The van der Waals surface area contributed by atoms with Crippen LogP contribution < -0.4 is 0 Å². The van der Waals surface area contributed by atoms with E-state index in [0.717, 1.165) is 16.7 Å². The molecule has 3 rings (SSSR count). The second kappa shape index (κ2) is 8.25. The summed E-state index contributed by atoms with van der Waals surface area (Å²) in [6.07, 6.45) is -0.480. The molecule has 3 atom stereocenters. The van der Waals surface area contributed by atoms with E-state index < -0.39 is 6.10 Å². The summed E-state index contributed by atoms with van der Waals surface area (Å²) in [7, 11) is 0. The second-order valence-electron chi connectivity index (χ2n) is 6.29. The third kappa shape index (κ3) is 4.12. The Morgan fingerprint density at radius 3 is 1.83 bits per heavy atom. The zero-order valence-electron chi connectivity index (χ0n) is 13.8. The van der Waals surface area contributed by atoms with Crippen LogP contribution in [0.2, 0.25) is 0 Å². The van der Waals surface area contributed by atoms with Crippen molar-refractivity contribution in [2.75, 3.05) is 13.2 Å². The Bertz CT molecular complexity index is 639. The van der Waals surface area contributed by atoms with Crippen molar-refractivity contribution in [1.29, 1.82) is 0 Å². The van der Waals surface area contributed by atoms with Gasteiger partial charge in [-0.1, -0.05) is 67.2 Å². The van der Waals surface area contributed by atoms with E-state index in [-0.39, 0.29) is 11.8 Å². The lowest BCUT2D eigenvalue weighted by Crippen LogP contribution is -2.48. The van der Waals surface area contributed by atoms with Crippen molar-refractivity contribution in [1.82, 2.24) is 0 Å². The molecular weight excluding hydrogens is 300 g/mol. The molecule has 3 heteroatoms. The molecule has 3 nitrogen and oxygen atoms in total. The normalized spacial score (nSPS) is 23.0. The molecular formula is C21H24O3. The number of hydrogen-bond donors (Lipinski definition) is 1. The first kappa shape index (κ1) is 16.9. The lowest BCUT2D eigenvalue weighted by molar-refractivity contribution is -0.0595. The Morgan fingerprint density at radius 2 is 1.29 bits per heavy atom. The summed E-state index contributed by atoms with van der Waals surface area (Å²) < 4.78 is 11.6. The Labute approximate surface area is 143 Å². The molecule has 0 spiro atoms. The minimum Gasteiger partial charge on any atom is -0.388 e. The molecule has 0 amide bonds. The van der Waals surface area contributed by atoms with E-state index >= 15 is 0 Å². The SMILES string of the molecule is C=C1C(O)C(COCc2ccccc2)C1COCc1ccccc1. The van der Waals surface area contributed by atoms with Gasteiger partial charge in [0.05, 0.1) is 32.5 Å². The molecule has 0 saturated heterocycles. The van der Waals surface area contributed by atoms with Crippen molar-refractivity contribution >= 4 is 0 Å². The van der Waals surface area contributed by atoms with Gasteiger partial charge >= 0.3 is 0 Å². The largest absolute Gasteiger partial charge is 0.388 e. The molecule has 0 bridgehead atoms. The van der Waals surface area contributed by atoms with Crippen molar-refractivity contribution in [2.45, 2.75) is 19.3 Å². The summed E-state index contributed by atoms with van der Waals surface area (Å²) >= 11 is 0. The minimum absolute atomic E-state index is 0.0667. The van der Waals surface area contributed by atoms with Crippen LogP contribution in [0.3, 0.4) is 0 Å². The van der Waals surface area contributed by atoms with E-state index in [0.29, 0.717) is 26.4 Å². The summed E-state index contributed by atoms with van der Waals surface area (Å²) in [5.41, 5.74) is 3.15. The Hall–Kier alpha value is -1.94. The standard InChI is InChI=1S/C21H24O3/c1-16-19(14-23-12-17-8-4-2-5-9-17)20(21(16)22)15-24-13-18-10-6-3-7-11-18/h2-11,19-22H,1,12-15H2. The lowest BCUT2D eigenvalue weighted by Gasteiger charge is -2.43. The molecule has 1 N–H and O–H groups in total. The van der Waals surface area contributed by atoms with Gasteiger partial charge in [-0.3, -0.25) is 0 Å². The average molecular weight is 324 g/mol. The van der Waals surface area contributed by atoms with Crippen molar-refractivity contribution in [3.8, 4) is 0 Å². The fourth-order valence-corrected chi connectivity index (χ4v) is 3.07. The predicted molar refractivity (Wildman–Crippen MR) is 94.3 cm³/mol. The molecule has 1 aliphatic rings. The highest BCUT2D eigenvalue weighted by Gasteiger charge is 2.43. The van der Waals surface area contributed by atoms with Crippen molar-refractivity contribution in [2.24, 2.45) is 11.8 Å². The van der Waals surface area contributed by atoms with Gasteiger partial charge in [-0.25, -0.2) is 0 Å². The van der Waals surface area contributed by atoms with Crippen LogP contribution in [0.4, 0.5) is 0 Å². The fourth-order valence-electron chi connectivity index (χ4n) is 3.07. The van der Waals surface area contributed by atoms with Crippen molar-refractivity contribution < 1.29 is 14.6 Å². The summed E-state index contributed by atoms with van der Waals surface area (Å²) in [5.74, 6) is 0.233. The van der Waals surface area contributed by atoms with Crippen LogP contribution in [-0.4, -0.2) is 24.4 Å². The highest BCUT2D eigenvalue weighted by atomic mass is 16.5.